The van der Waals surface area contributed by atoms with Crippen LogP contribution in [0.2, 0.25) is 13.1 Å². The Bertz CT molecular complexity index is 1290. The van der Waals surface area contributed by atoms with E-state index in [1.165, 1.54) is 50.0 Å². The molecule has 0 bridgehead atoms. The number of aliphatic hydroxyl groups is 1. The first-order valence-electron chi connectivity index (χ1n) is 9.51. The molecule has 1 radical (unpaired) electrons. The third-order valence-corrected chi connectivity index (χ3v) is 11.1. The van der Waals surface area contributed by atoms with Crippen molar-refractivity contribution >= 4 is 58.0 Å². The van der Waals surface area contributed by atoms with Crippen LogP contribution in [0.5, 0.6) is 0 Å². The summed E-state index contributed by atoms with van der Waals surface area (Å²) in [6, 6.07) is 19.1. The van der Waals surface area contributed by atoms with Gasteiger partial charge in [-0.25, -0.2) is 0 Å². The molecule has 0 amide bonds. The molecule has 2 aromatic heterocycles. The van der Waals surface area contributed by atoms with Crippen LogP contribution < -0.4 is 10.4 Å². The molecule has 0 spiro atoms. The van der Waals surface area contributed by atoms with Crippen LogP contribution in [0.4, 0.5) is 0 Å². The minimum absolute atomic E-state index is 0. The fourth-order valence-corrected chi connectivity index (χ4v) is 9.65. The Kier molecular flexibility index (Phi) is 6.66. The maximum absolute atomic E-state index is 10.0. The Morgan fingerprint density at radius 3 is 2.43 bits per heavy atom. The van der Waals surface area contributed by atoms with Gasteiger partial charge in [-0.05, 0) is 13.8 Å². The third kappa shape index (κ3) is 3.91. The standard InChI is InChI=1S/C19H14NSeSi.C5H8O2.Ir/c1-22(2)15-8-4-3-6-12(15)19-18-14(10-11-20-19)21-13-7-5-9-16(22)17(13)18;1-4(6)3-5(2)7;/h3-5,7-11H,1-2H3;3,6H,1-2H3;/q-1;;/b;4-3-;. The van der Waals surface area contributed by atoms with Crippen molar-refractivity contribution in [3.05, 3.63) is 66.6 Å². The summed E-state index contributed by atoms with van der Waals surface area (Å²) >= 11 is 0.412. The summed E-state index contributed by atoms with van der Waals surface area (Å²) in [6.45, 7) is 7.78. The van der Waals surface area contributed by atoms with Crippen molar-refractivity contribution in [3.8, 4) is 11.3 Å². The zero-order chi connectivity index (χ0) is 20.8. The molecule has 4 aromatic rings. The van der Waals surface area contributed by atoms with E-state index < -0.39 is 8.07 Å². The number of ketones is 1. The van der Waals surface area contributed by atoms with E-state index >= 15 is 0 Å². The molecule has 0 fully saturated rings. The van der Waals surface area contributed by atoms with Crippen molar-refractivity contribution in [2.24, 2.45) is 0 Å². The molecule has 1 aliphatic heterocycles. The molecule has 0 aliphatic carbocycles. The monoisotopic (exact) mass is 657 g/mol. The maximum atomic E-state index is 10.0. The number of benzene rings is 2. The van der Waals surface area contributed by atoms with E-state index in [2.05, 4.69) is 55.6 Å². The smallest absolute Gasteiger partial charge is 0 e. The van der Waals surface area contributed by atoms with E-state index in [4.69, 9.17) is 10.1 Å². The van der Waals surface area contributed by atoms with Crippen LogP contribution in [0, 0.1) is 6.07 Å². The van der Waals surface area contributed by atoms with Gasteiger partial charge in [-0.2, -0.15) is 0 Å². The fourth-order valence-electron chi connectivity index (χ4n) is 4.07. The zero-order valence-electron chi connectivity index (χ0n) is 17.2. The van der Waals surface area contributed by atoms with Gasteiger partial charge >= 0.3 is 136 Å². The summed E-state index contributed by atoms with van der Waals surface area (Å²) < 4.78 is 3.01. The first-order chi connectivity index (χ1) is 13.8. The van der Waals surface area contributed by atoms with Gasteiger partial charge < -0.3 is 5.11 Å². The van der Waals surface area contributed by atoms with Crippen LogP contribution >= 0.6 is 0 Å². The van der Waals surface area contributed by atoms with E-state index in [0.29, 0.717) is 14.5 Å². The molecule has 2 aromatic carbocycles. The molecule has 30 heavy (non-hydrogen) atoms. The van der Waals surface area contributed by atoms with Crippen molar-refractivity contribution in [1.82, 2.24) is 4.98 Å². The van der Waals surface area contributed by atoms with E-state index in [1.807, 2.05) is 12.3 Å². The molecule has 0 saturated carbocycles. The van der Waals surface area contributed by atoms with Gasteiger partial charge in [-0.1, -0.05) is 0 Å². The van der Waals surface area contributed by atoms with E-state index in [0.717, 1.165) is 5.69 Å². The summed E-state index contributed by atoms with van der Waals surface area (Å²) in [5.41, 5.74) is 2.38. The van der Waals surface area contributed by atoms with Crippen molar-refractivity contribution < 1.29 is 30.0 Å². The summed E-state index contributed by atoms with van der Waals surface area (Å²) in [6.07, 6.45) is 3.14. The van der Waals surface area contributed by atoms with Crippen LogP contribution in [0.1, 0.15) is 13.8 Å². The van der Waals surface area contributed by atoms with Crippen LogP contribution in [0.3, 0.4) is 0 Å². The minimum Gasteiger partial charge on any atom is 0 e. The van der Waals surface area contributed by atoms with Crippen molar-refractivity contribution in [1.29, 1.82) is 0 Å². The van der Waals surface area contributed by atoms with Crippen LogP contribution in [-0.4, -0.2) is 38.5 Å². The number of aromatic nitrogens is 1. The number of hydrogen-bond donors (Lipinski definition) is 1. The van der Waals surface area contributed by atoms with Gasteiger partial charge in [-0.15, -0.1) is 0 Å². The molecule has 3 nitrogen and oxygen atoms in total. The predicted molar refractivity (Wildman–Crippen MR) is 124 cm³/mol. The van der Waals surface area contributed by atoms with E-state index in [-0.39, 0.29) is 31.6 Å². The normalized spacial score (nSPS) is 13.8. The molecule has 0 saturated heterocycles. The number of hydrogen-bond acceptors (Lipinski definition) is 3. The number of pyridine rings is 1. The number of carbonyl (C=O) groups is 1. The van der Waals surface area contributed by atoms with Gasteiger partial charge in [0.2, 0.25) is 0 Å². The number of allylic oxidation sites excluding steroid dienone is 2. The van der Waals surface area contributed by atoms with Gasteiger partial charge in [-0.3, -0.25) is 4.79 Å². The van der Waals surface area contributed by atoms with Crippen molar-refractivity contribution in [2.75, 3.05) is 0 Å². The number of fused-ring (bicyclic) bond motifs is 2. The van der Waals surface area contributed by atoms with Crippen LogP contribution in [-0.2, 0) is 24.9 Å². The third-order valence-electron chi connectivity index (χ3n) is 5.26. The Morgan fingerprint density at radius 2 is 1.77 bits per heavy atom. The molecular weight excluding hydrogens is 634 g/mol. The van der Waals surface area contributed by atoms with Crippen molar-refractivity contribution in [2.45, 2.75) is 26.9 Å². The maximum Gasteiger partial charge on any atom is 0 e. The molecule has 6 heteroatoms. The Labute approximate surface area is 197 Å². The fraction of sp³-hybridized carbons (Fsp3) is 0.167. The second-order valence-corrected chi connectivity index (χ2v) is 14.4. The summed E-state index contributed by atoms with van der Waals surface area (Å²) in [7, 11) is -1.74. The molecule has 155 valence electrons. The molecule has 1 N–H and O–H groups in total. The number of carbonyl (C=O) groups excluding carboxylic acids is 1. The van der Waals surface area contributed by atoms with Crippen LogP contribution in [0.25, 0.3) is 30.6 Å². The van der Waals surface area contributed by atoms with Gasteiger partial charge in [0.25, 0.3) is 0 Å². The SMILES string of the molecule is CC(=O)/C=C(/C)O.C[Si]1(C)c2ccc[c-]c2-c2nccc3[se]c4cccc1c4c23.[Ir]. The Hall–Kier alpha value is -1.81. The Balaban J connectivity index is 0.000000281. The first kappa shape index (κ1) is 22.9. The number of rotatable bonds is 1. The van der Waals surface area contributed by atoms with Crippen LogP contribution in [0.15, 0.2) is 60.5 Å². The quantitative estimate of drug-likeness (QED) is 0.146. The van der Waals surface area contributed by atoms with Crippen molar-refractivity contribution in [3.63, 3.8) is 0 Å². The predicted octanol–water partition coefficient (Wildman–Crippen LogP) is 4.08. The molecule has 3 heterocycles. The van der Waals surface area contributed by atoms with Gasteiger partial charge in [0.15, 0.2) is 5.78 Å². The summed E-state index contributed by atoms with van der Waals surface area (Å²) in [5, 5.41) is 14.3. The number of aliphatic hydroxyl groups excluding tert-OH is 1. The van der Waals surface area contributed by atoms with E-state index in [9.17, 15) is 4.79 Å². The molecule has 1 aliphatic rings. The minimum atomic E-state index is -1.74. The van der Waals surface area contributed by atoms with Gasteiger partial charge in [0.05, 0.1) is 5.76 Å². The molecular formula is C24H22IrNO2SeSi-. The second-order valence-electron chi connectivity index (χ2n) is 7.79. The Morgan fingerprint density at radius 1 is 1.07 bits per heavy atom. The molecule has 5 rings (SSSR count). The summed E-state index contributed by atoms with van der Waals surface area (Å²) in [4.78, 5) is 14.8. The average Bonchev–Trinajstić information content (AvgIpc) is 3.02. The zero-order valence-corrected chi connectivity index (χ0v) is 22.3. The molecule has 0 unspecified atom stereocenters. The topological polar surface area (TPSA) is 50.2 Å². The largest absolute Gasteiger partial charge is 0 e. The number of nitrogens with zero attached hydrogens (tertiary/aromatic N) is 1. The van der Waals surface area contributed by atoms with E-state index in [1.54, 1.807) is 5.19 Å². The van der Waals surface area contributed by atoms with Gasteiger partial charge in [0, 0.05) is 26.2 Å². The first-order valence-corrected chi connectivity index (χ1v) is 14.2. The van der Waals surface area contributed by atoms with Gasteiger partial charge in [0.1, 0.15) is 0 Å². The average molecular weight is 656 g/mol. The summed E-state index contributed by atoms with van der Waals surface area (Å²) in [5.74, 6) is -0.0625. The second kappa shape index (κ2) is 8.74. The molecule has 0 atom stereocenters.